The van der Waals surface area contributed by atoms with Gasteiger partial charge in [-0.1, -0.05) is 25.1 Å². The van der Waals surface area contributed by atoms with Crippen molar-refractivity contribution in [2.24, 2.45) is 0 Å². The van der Waals surface area contributed by atoms with Gasteiger partial charge in [0.05, 0.1) is 0 Å². The Morgan fingerprint density at radius 3 is 3.06 bits per heavy atom. The van der Waals surface area contributed by atoms with Gasteiger partial charge in [0, 0.05) is 30.2 Å². The molecule has 3 aliphatic heterocycles. The Morgan fingerprint density at radius 1 is 1.33 bits per heavy atom. The lowest BCUT2D eigenvalue weighted by Crippen LogP contribution is -2.54. The maximum atomic E-state index is 3.59. The van der Waals surface area contributed by atoms with Crippen molar-refractivity contribution in [3.8, 4) is 0 Å². The molecule has 1 fully saturated rings. The first-order chi connectivity index (χ1) is 8.72. The summed E-state index contributed by atoms with van der Waals surface area (Å²) in [7, 11) is 0. The lowest BCUT2D eigenvalue weighted by Gasteiger charge is -2.46. The molecule has 1 N–H and O–H groups in total. The highest BCUT2D eigenvalue weighted by atomic mass is 15.3. The molecule has 2 nitrogen and oxygen atoms in total. The van der Waals surface area contributed by atoms with Crippen molar-refractivity contribution in [1.29, 1.82) is 0 Å². The minimum atomic E-state index is 0.365. The summed E-state index contributed by atoms with van der Waals surface area (Å²) in [6, 6.07) is 6.99. The zero-order chi connectivity index (χ0) is 12.3. The van der Waals surface area contributed by atoms with E-state index in [-0.39, 0.29) is 0 Å². The molecule has 96 valence electrons. The third kappa shape index (κ3) is 1.17. The van der Waals surface area contributed by atoms with E-state index in [1.807, 2.05) is 0 Å². The van der Waals surface area contributed by atoms with Gasteiger partial charge in [0.2, 0.25) is 0 Å². The summed E-state index contributed by atoms with van der Waals surface area (Å²) >= 11 is 0. The molecule has 1 aromatic carbocycles. The van der Waals surface area contributed by atoms with Gasteiger partial charge in [-0.25, -0.2) is 0 Å². The fourth-order valence-corrected chi connectivity index (χ4v) is 4.42. The quantitative estimate of drug-likeness (QED) is 0.752. The van der Waals surface area contributed by atoms with Gasteiger partial charge in [0.25, 0.3) is 0 Å². The fraction of sp³-hybridized carbons (Fsp3) is 0.625. The maximum Gasteiger partial charge on any atom is 0.0467 e. The zero-order valence-electron chi connectivity index (χ0n) is 11.4. The van der Waals surface area contributed by atoms with Crippen LogP contribution in [0.25, 0.3) is 0 Å². The molecule has 3 atom stereocenters. The number of hydrogen-bond donors (Lipinski definition) is 1. The summed E-state index contributed by atoms with van der Waals surface area (Å²) in [6.07, 6.45) is 2.59. The third-order valence-corrected chi connectivity index (χ3v) is 5.58. The van der Waals surface area contributed by atoms with Crippen molar-refractivity contribution < 1.29 is 0 Å². The van der Waals surface area contributed by atoms with E-state index in [2.05, 4.69) is 42.3 Å². The lowest BCUT2D eigenvalue weighted by atomic mass is 9.79. The van der Waals surface area contributed by atoms with Gasteiger partial charge < -0.3 is 10.2 Å². The molecule has 1 saturated heterocycles. The number of para-hydroxylation sites is 1. The predicted molar refractivity (Wildman–Crippen MR) is 75.5 cm³/mol. The number of piperidine rings is 1. The van der Waals surface area contributed by atoms with E-state index in [9.17, 15) is 0 Å². The fourth-order valence-electron chi connectivity index (χ4n) is 4.42. The van der Waals surface area contributed by atoms with Crippen LogP contribution in [0.3, 0.4) is 0 Å². The van der Waals surface area contributed by atoms with Crippen LogP contribution in [-0.2, 0) is 0 Å². The molecule has 0 aliphatic carbocycles. The van der Waals surface area contributed by atoms with E-state index >= 15 is 0 Å². The molecule has 1 aromatic rings. The Hall–Kier alpha value is -1.02. The van der Waals surface area contributed by atoms with Crippen LogP contribution in [0.1, 0.15) is 49.7 Å². The maximum absolute atomic E-state index is 3.59. The summed E-state index contributed by atoms with van der Waals surface area (Å²) in [6.45, 7) is 8.44. The minimum absolute atomic E-state index is 0.365. The molecule has 0 bridgehead atoms. The molecular weight excluding hydrogens is 220 g/mol. The normalized spacial score (nSPS) is 37.3. The average molecular weight is 242 g/mol. The largest absolute Gasteiger partial charge is 0.365 e. The number of benzene rings is 1. The summed E-state index contributed by atoms with van der Waals surface area (Å²) in [5, 5.41) is 3.59. The van der Waals surface area contributed by atoms with Crippen LogP contribution in [0.5, 0.6) is 0 Å². The lowest BCUT2D eigenvalue weighted by molar-refractivity contribution is 0.285. The van der Waals surface area contributed by atoms with Crippen LogP contribution < -0.4 is 10.2 Å². The Kier molecular flexibility index (Phi) is 2.12. The highest BCUT2D eigenvalue weighted by Crippen LogP contribution is 2.54. The Bertz CT molecular complexity index is 496. The van der Waals surface area contributed by atoms with Crippen molar-refractivity contribution in [2.45, 2.75) is 44.1 Å². The molecule has 18 heavy (non-hydrogen) atoms. The van der Waals surface area contributed by atoms with Gasteiger partial charge in [0.15, 0.2) is 0 Å². The minimum Gasteiger partial charge on any atom is -0.365 e. The second kappa shape index (κ2) is 3.51. The van der Waals surface area contributed by atoms with Crippen molar-refractivity contribution in [1.82, 2.24) is 5.32 Å². The van der Waals surface area contributed by atoms with Gasteiger partial charge in [-0.05, 0) is 43.4 Å². The highest BCUT2D eigenvalue weighted by molar-refractivity contribution is 5.71. The number of fused-ring (bicyclic) bond motifs is 3. The number of anilines is 1. The van der Waals surface area contributed by atoms with Crippen molar-refractivity contribution in [3.63, 3.8) is 0 Å². The molecule has 0 amide bonds. The van der Waals surface area contributed by atoms with E-state index in [0.29, 0.717) is 11.5 Å². The Balaban J connectivity index is 1.94. The van der Waals surface area contributed by atoms with Crippen molar-refractivity contribution >= 4 is 5.69 Å². The second-order valence-corrected chi connectivity index (χ2v) is 6.49. The number of rotatable bonds is 0. The van der Waals surface area contributed by atoms with E-state index < -0.39 is 0 Å². The van der Waals surface area contributed by atoms with E-state index in [0.717, 1.165) is 12.5 Å². The molecule has 0 aromatic heterocycles. The van der Waals surface area contributed by atoms with Gasteiger partial charge in [-0.2, -0.15) is 0 Å². The van der Waals surface area contributed by atoms with Crippen LogP contribution in [-0.4, -0.2) is 25.2 Å². The van der Waals surface area contributed by atoms with E-state index in [1.54, 1.807) is 16.8 Å². The molecule has 3 heterocycles. The smallest absolute Gasteiger partial charge is 0.0467 e. The molecule has 0 saturated carbocycles. The van der Waals surface area contributed by atoms with Crippen LogP contribution in [0, 0.1) is 0 Å². The Labute approximate surface area is 109 Å². The van der Waals surface area contributed by atoms with E-state index in [1.165, 1.54) is 25.9 Å². The number of nitrogens with zero attached hydrogens (tertiary/aromatic N) is 1. The first kappa shape index (κ1) is 10.9. The summed E-state index contributed by atoms with van der Waals surface area (Å²) < 4.78 is 0. The van der Waals surface area contributed by atoms with Crippen LogP contribution in [0.15, 0.2) is 18.2 Å². The zero-order valence-corrected chi connectivity index (χ0v) is 11.4. The predicted octanol–water partition coefficient (Wildman–Crippen LogP) is 2.85. The SMILES string of the molecule is CC1CCN2c3c1cccc3[C@@H]1CNCC[C@@]12C. The molecule has 0 spiro atoms. The molecule has 1 unspecified atom stereocenters. The highest BCUT2D eigenvalue weighted by Gasteiger charge is 2.50. The van der Waals surface area contributed by atoms with Crippen LogP contribution in [0.2, 0.25) is 0 Å². The Morgan fingerprint density at radius 2 is 2.17 bits per heavy atom. The molecule has 0 radical (unpaired) electrons. The van der Waals surface area contributed by atoms with Gasteiger partial charge in [-0.15, -0.1) is 0 Å². The van der Waals surface area contributed by atoms with Gasteiger partial charge in [-0.3, -0.25) is 0 Å². The third-order valence-electron chi connectivity index (χ3n) is 5.58. The average Bonchev–Trinajstić information content (AvgIpc) is 2.64. The van der Waals surface area contributed by atoms with Crippen LogP contribution in [0.4, 0.5) is 5.69 Å². The van der Waals surface area contributed by atoms with Gasteiger partial charge >= 0.3 is 0 Å². The molecule has 4 rings (SSSR count). The topological polar surface area (TPSA) is 15.3 Å². The summed E-state index contributed by atoms with van der Waals surface area (Å²) in [4.78, 5) is 2.74. The van der Waals surface area contributed by atoms with Gasteiger partial charge in [0.1, 0.15) is 0 Å². The monoisotopic (exact) mass is 242 g/mol. The van der Waals surface area contributed by atoms with E-state index in [4.69, 9.17) is 0 Å². The molecular formula is C16H22N2. The molecule has 3 aliphatic rings. The van der Waals surface area contributed by atoms with Crippen LogP contribution >= 0.6 is 0 Å². The second-order valence-electron chi connectivity index (χ2n) is 6.49. The summed E-state index contributed by atoms with van der Waals surface area (Å²) in [5.74, 6) is 1.42. The first-order valence-corrected chi connectivity index (χ1v) is 7.33. The standard InChI is InChI=1S/C16H22N2/c1-11-6-9-18-15-12(11)4-3-5-13(15)14-10-17-8-7-16(14,18)2/h3-5,11,14,17H,6-10H2,1-2H3/t11?,14-,16-/m0/s1. The summed E-state index contributed by atoms with van der Waals surface area (Å²) in [5.41, 5.74) is 5.15. The first-order valence-electron chi connectivity index (χ1n) is 7.33. The molecule has 2 heteroatoms. The number of hydrogen-bond acceptors (Lipinski definition) is 2. The van der Waals surface area contributed by atoms with Crippen molar-refractivity contribution in [3.05, 3.63) is 29.3 Å². The van der Waals surface area contributed by atoms with Crippen molar-refractivity contribution in [2.75, 3.05) is 24.5 Å². The number of nitrogens with one attached hydrogen (secondary N) is 1.